The normalized spacial score (nSPS) is 12.0. The third-order valence-corrected chi connectivity index (χ3v) is 7.92. The number of amides is 3. The molecule has 0 aliphatic heterocycles. The van der Waals surface area contributed by atoms with Crippen LogP contribution >= 0.6 is 11.8 Å². The predicted octanol–water partition coefficient (Wildman–Crippen LogP) is 7.23. The average molecular weight is 593 g/mol. The maximum Gasteiger partial charge on any atom is 0.272 e. The monoisotopic (exact) mass is 592 g/mol. The van der Waals surface area contributed by atoms with E-state index in [0.29, 0.717) is 28.9 Å². The Morgan fingerprint density at radius 2 is 1.63 bits per heavy atom. The lowest BCUT2D eigenvalue weighted by atomic mass is 10.1. The summed E-state index contributed by atoms with van der Waals surface area (Å²) in [5, 5.41) is 9.20. The molecule has 43 heavy (non-hydrogen) atoms. The van der Waals surface area contributed by atoms with Crippen LogP contribution in [0.25, 0.3) is 17.0 Å². The van der Waals surface area contributed by atoms with Crippen molar-refractivity contribution >= 4 is 57.8 Å². The first-order valence-electron chi connectivity index (χ1n) is 13.7. The highest BCUT2D eigenvalue weighted by atomic mass is 32.2. The molecule has 5 aromatic rings. The number of halogens is 1. The van der Waals surface area contributed by atoms with Crippen molar-refractivity contribution in [2.24, 2.45) is 0 Å². The Kier molecular flexibility index (Phi) is 9.33. The first-order valence-corrected chi connectivity index (χ1v) is 14.6. The van der Waals surface area contributed by atoms with E-state index in [9.17, 15) is 18.8 Å². The molecule has 0 fully saturated rings. The highest BCUT2D eigenvalue weighted by Gasteiger charge is 2.20. The Morgan fingerprint density at radius 3 is 2.40 bits per heavy atom. The second-order valence-corrected chi connectivity index (χ2v) is 11.0. The Morgan fingerprint density at radius 1 is 0.860 bits per heavy atom. The van der Waals surface area contributed by atoms with Gasteiger partial charge in [0.05, 0.1) is 5.25 Å². The van der Waals surface area contributed by atoms with Gasteiger partial charge in [-0.1, -0.05) is 49.4 Å². The summed E-state index contributed by atoms with van der Waals surface area (Å²) in [7, 11) is 0. The second kappa shape index (κ2) is 13.7. The van der Waals surface area contributed by atoms with Crippen molar-refractivity contribution in [3.8, 4) is 0 Å². The minimum Gasteiger partial charge on any atom is -0.361 e. The van der Waals surface area contributed by atoms with Crippen molar-refractivity contribution in [3.63, 3.8) is 0 Å². The number of benzene rings is 4. The van der Waals surface area contributed by atoms with E-state index < -0.39 is 17.6 Å². The Labute approximate surface area is 252 Å². The van der Waals surface area contributed by atoms with E-state index in [1.54, 1.807) is 48.5 Å². The van der Waals surface area contributed by atoms with Crippen molar-refractivity contribution in [3.05, 3.63) is 132 Å². The van der Waals surface area contributed by atoms with E-state index in [-0.39, 0.29) is 16.9 Å². The molecule has 0 aliphatic rings. The number of H-pyrrole nitrogens is 1. The van der Waals surface area contributed by atoms with E-state index in [2.05, 4.69) is 20.9 Å². The van der Waals surface area contributed by atoms with Gasteiger partial charge in [-0.3, -0.25) is 14.4 Å². The molecule has 1 heterocycles. The number of anilines is 2. The summed E-state index contributed by atoms with van der Waals surface area (Å²) >= 11 is 1.39. The van der Waals surface area contributed by atoms with Crippen molar-refractivity contribution in [1.29, 1.82) is 0 Å². The van der Waals surface area contributed by atoms with Gasteiger partial charge < -0.3 is 20.9 Å². The Bertz CT molecular complexity index is 1780. The van der Waals surface area contributed by atoms with Gasteiger partial charge >= 0.3 is 0 Å². The van der Waals surface area contributed by atoms with Crippen LogP contribution in [0.1, 0.15) is 29.3 Å². The molecule has 0 spiro atoms. The third kappa shape index (κ3) is 7.78. The lowest BCUT2D eigenvalue weighted by Gasteiger charge is -2.16. The maximum absolute atomic E-state index is 13.5. The smallest absolute Gasteiger partial charge is 0.272 e. The summed E-state index contributed by atoms with van der Waals surface area (Å²) in [6.45, 7) is 1.94. The minimum atomic E-state index is -0.555. The minimum absolute atomic E-state index is 0.0108. The van der Waals surface area contributed by atoms with E-state index in [1.807, 2.05) is 43.5 Å². The largest absolute Gasteiger partial charge is 0.361 e. The number of fused-ring (bicyclic) bond motifs is 1. The summed E-state index contributed by atoms with van der Waals surface area (Å²) in [5.74, 6) is -1.55. The summed E-state index contributed by atoms with van der Waals surface area (Å²) in [6, 6.07) is 29.0. The first-order chi connectivity index (χ1) is 20.9. The van der Waals surface area contributed by atoms with Crippen LogP contribution in [0, 0.1) is 5.82 Å². The zero-order chi connectivity index (χ0) is 30.2. The van der Waals surface area contributed by atoms with Crippen LogP contribution in [0.2, 0.25) is 0 Å². The molecule has 4 aromatic carbocycles. The van der Waals surface area contributed by atoms with Crippen LogP contribution in [0.3, 0.4) is 0 Å². The molecule has 3 amide bonds. The quantitative estimate of drug-likeness (QED) is 0.102. The van der Waals surface area contributed by atoms with Gasteiger partial charge in [0.15, 0.2) is 0 Å². The molecular formula is C34H29FN4O3S. The number of hydrogen-bond acceptors (Lipinski definition) is 4. The van der Waals surface area contributed by atoms with E-state index >= 15 is 0 Å². The highest BCUT2D eigenvalue weighted by molar-refractivity contribution is 8.00. The topological polar surface area (TPSA) is 103 Å². The molecule has 0 saturated heterocycles. The molecule has 0 saturated carbocycles. The number of hydrogen-bond donors (Lipinski definition) is 4. The van der Waals surface area contributed by atoms with Crippen LogP contribution in [0.5, 0.6) is 0 Å². The van der Waals surface area contributed by atoms with Crippen LogP contribution in [-0.2, 0) is 9.59 Å². The van der Waals surface area contributed by atoms with Crippen LogP contribution in [0.4, 0.5) is 15.8 Å². The predicted molar refractivity (Wildman–Crippen MR) is 170 cm³/mol. The molecule has 7 nitrogen and oxygen atoms in total. The molecule has 5 rings (SSSR count). The molecule has 0 bridgehead atoms. The van der Waals surface area contributed by atoms with Gasteiger partial charge in [0.1, 0.15) is 11.5 Å². The van der Waals surface area contributed by atoms with Crippen molar-refractivity contribution in [2.45, 2.75) is 23.5 Å². The molecule has 1 atom stereocenters. The van der Waals surface area contributed by atoms with Crippen LogP contribution in [0.15, 0.2) is 120 Å². The molecule has 1 unspecified atom stereocenters. The number of thioether (sulfide) groups is 1. The fraction of sp³-hybridized carbons (Fsp3) is 0.0882. The van der Waals surface area contributed by atoms with E-state index in [1.165, 1.54) is 42.1 Å². The van der Waals surface area contributed by atoms with Gasteiger partial charge in [0, 0.05) is 33.5 Å². The van der Waals surface area contributed by atoms with Gasteiger partial charge in [-0.05, 0) is 84.1 Å². The second-order valence-electron chi connectivity index (χ2n) is 9.70. The first kappa shape index (κ1) is 29.3. The van der Waals surface area contributed by atoms with Gasteiger partial charge in [0.25, 0.3) is 11.8 Å². The highest BCUT2D eigenvalue weighted by Crippen LogP contribution is 2.29. The number of aromatic nitrogens is 1. The number of nitrogens with one attached hydrogen (secondary N) is 4. The van der Waals surface area contributed by atoms with Gasteiger partial charge in [-0.25, -0.2) is 4.39 Å². The van der Waals surface area contributed by atoms with Crippen LogP contribution < -0.4 is 16.0 Å². The third-order valence-electron chi connectivity index (χ3n) is 6.57. The molecule has 0 aliphatic carbocycles. The fourth-order valence-electron chi connectivity index (χ4n) is 4.35. The van der Waals surface area contributed by atoms with E-state index in [0.717, 1.165) is 15.8 Å². The summed E-state index contributed by atoms with van der Waals surface area (Å²) < 4.78 is 13.5. The van der Waals surface area contributed by atoms with Gasteiger partial charge in [-0.15, -0.1) is 11.8 Å². The van der Waals surface area contributed by atoms with Gasteiger partial charge in [-0.2, -0.15) is 0 Å². The zero-order valence-corrected chi connectivity index (χ0v) is 24.1. The SMILES string of the molecule is CCC(Sc1cccc(NC(=O)/C(=C/c2ccc(F)cc2)NC(=O)c2ccccc2)c1)C(=O)Nc1ccc2cc[nH]c2c1. The zero-order valence-electron chi connectivity index (χ0n) is 23.3. The summed E-state index contributed by atoms with van der Waals surface area (Å²) in [6.07, 6.45) is 3.93. The molecule has 216 valence electrons. The van der Waals surface area contributed by atoms with Gasteiger partial charge in [0.2, 0.25) is 5.91 Å². The van der Waals surface area contributed by atoms with Crippen molar-refractivity contribution < 1.29 is 18.8 Å². The molecule has 9 heteroatoms. The number of rotatable bonds is 10. The molecule has 1 aromatic heterocycles. The standard InChI is InChI=1S/C34H29FN4O3S/c1-2-31(34(42)38-27-16-13-23-17-18-36-29(23)21-27)43-28-10-6-9-26(20-28)37-33(41)30(19-22-11-14-25(35)15-12-22)39-32(40)24-7-4-3-5-8-24/h3-21,31,36H,2H2,1H3,(H,37,41)(H,38,42)(H,39,40)/b30-19-. The molecule has 4 N–H and O–H groups in total. The summed E-state index contributed by atoms with van der Waals surface area (Å²) in [5.41, 5.74) is 3.05. The van der Waals surface area contributed by atoms with Crippen LogP contribution in [-0.4, -0.2) is 28.0 Å². The lowest BCUT2D eigenvalue weighted by Crippen LogP contribution is -2.30. The number of carbonyl (C=O) groups excluding carboxylic acids is 3. The Hall–Kier alpha value is -5.15. The Balaban J connectivity index is 1.29. The molecule has 0 radical (unpaired) electrons. The number of aromatic amines is 1. The average Bonchev–Trinajstić information content (AvgIpc) is 3.49. The maximum atomic E-state index is 13.5. The summed E-state index contributed by atoms with van der Waals surface area (Å²) in [4.78, 5) is 43.3. The van der Waals surface area contributed by atoms with Crippen molar-refractivity contribution in [2.75, 3.05) is 10.6 Å². The number of carbonyl (C=O) groups is 3. The fourth-order valence-corrected chi connectivity index (χ4v) is 5.36. The van der Waals surface area contributed by atoms with Crippen molar-refractivity contribution in [1.82, 2.24) is 10.3 Å². The molecular weight excluding hydrogens is 563 g/mol. The lowest BCUT2D eigenvalue weighted by molar-refractivity contribution is -0.116. The van der Waals surface area contributed by atoms with E-state index in [4.69, 9.17) is 0 Å².